The summed E-state index contributed by atoms with van der Waals surface area (Å²) >= 11 is 0. The number of hydrogen-bond donors (Lipinski definition) is 1. The van der Waals surface area contributed by atoms with Crippen LogP contribution in [0.15, 0.2) is 42.5 Å². The average Bonchev–Trinajstić information content (AvgIpc) is 2.57. The number of esters is 1. The van der Waals surface area contributed by atoms with E-state index in [1.807, 2.05) is 19.9 Å². The third-order valence-electron chi connectivity index (χ3n) is 3.84. The lowest BCUT2D eigenvalue weighted by Crippen LogP contribution is -2.30. The number of para-hydroxylation sites is 2. The van der Waals surface area contributed by atoms with Crippen molar-refractivity contribution in [3.05, 3.63) is 59.2 Å². The Labute approximate surface area is 141 Å². The molecule has 126 valence electrons. The number of rotatable bonds is 5. The highest BCUT2D eigenvalue weighted by atomic mass is 16.5. The predicted octanol–water partition coefficient (Wildman–Crippen LogP) is 3.50. The fraction of sp³-hybridized carbons (Fsp3) is 0.263. The second kappa shape index (κ2) is 7.64. The van der Waals surface area contributed by atoms with Crippen LogP contribution in [-0.4, -0.2) is 25.1 Å². The van der Waals surface area contributed by atoms with Gasteiger partial charge in [0, 0.05) is 0 Å². The van der Waals surface area contributed by atoms with Crippen molar-refractivity contribution in [1.82, 2.24) is 0 Å². The van der Waals surface area contributed by atoms with Crippen molar-refractivity contribution in [3.8, 4) is 5.75 Å². The van der Waals surface area contributed by atoms with Gasteiger partial charge in [-0.25, -0.2) is 4.79 Å². The van der Waals surface area contributed by atoms with E-state index in [0.29, 0.717) is 17.0 Å². The summed E-state index contributed by atoms with van der Waals surface area (Å²) in [5, 5.41) is 2.70. The molecule has 1 amide bonds. The number of nitrogens with one attached hydrogen (secondary N) is 1. The van der Waals surface area contributed by atoms with Crippen LogP contribution in [-0.2, 0) is 9.53 Å². The molecule has 0 spiro atoms. The molecule has 0 radical (unpaired) electrons. The molecule has 0 saturated carbocycles. The first-order valence-electron chi connectivity index (χ1n) is 7.65. The van der Waals surface area contributed by atoms with Gasteiger partial charge >= 0.3 is 5.97 Å². The van der Waals surface area contributed by atoms with Gasteiger partial charge in [-0.3, -0.25) is 4.79 Å². The lowest BCUT2D eigenvalue weighted by molar-refractivity contribution is -0.123. The lowest BCUT2D eigenvalue weighted by atomic mass is 10.0. The maximum Gasteiger partial charge on any atom is 0.339 e. The Bertz CT molecular complexity index is 755. The number of amides is 1. The van der Waals surface area contributed by atoms with E-state index in [1.54, 1.807) is 36.4 Å². The van der Waals surface area contributed by atoms with Crippen LogP contribution in [0.5, 0.6) is 5.75 Å². The molecule has 0 unspecified atom stereocenters. The van der Waals surface area contributed by atoms with Gasteiger partial charge in [-0.1, -0.05) is 24.3 Å². The minimum absolute atomic E-state index is 0.418. The zero-order chi connectivity index (χ0) is 17.7. The Balaban J connectivity index is 2.06. The van der Waals surface area contributed by atoms with E-state index in [9.17, 15) is 9.59 Å². The van der Waals surface area contributed by atoms with Crippen molar-refractivity contribution in [3.63, 3.8) is 0 Å². The zero-order valence-corrected chi connectivity index (χ0v) is 14.3. The number of anilines is 1. The molecule has 5 heteroatoms. The second-order valence-corrected chi connectivity index (χ2v) is 5.48. The molecule has 2 rings (SSSR count). The molecule has 0 aromatic heterocycles. The number of carbonyl (C=O) groups is 2. The van der Waals surface area contributed by atoms with Gasteiger partial charge in [0.05, 0.1) is 18.4 Å². The molecule has 24 heavy (non-hydrogen) atoms. The van der Waals surface area contributed by atoms with Gasteiger partial charge in [0.1, 0.15) is 5.75 Å². The Hall–Kier alpha value is -2.82. The van der Waals surface area contributed by atoms with Crippen LogP contribution < -0.4 is 10.1 Å². The number of methoxy groups -OCH3 is 1. The third kappa shape index (κ3) is 3.93. The molecule has 2 aromatic rings. The normalized spacial score (nSPS) is 11.5. The fourth-order valence-electron chi connectivity index (χ4n) is 2.23. The van der Waals surface area contributed by atoms with Gasteiger partial charge in [-0.15, -0.1) is 0 Å². The van der Waals surface area contributed by atoms with E-state index in [0.717, 1.165) is 11.1 Å². The summed E-state index contributed by atoms with van der Waals surface area (Å²) in [7, 11) is 1.52. The van der Waals surface area contributed by atoms with Crippen LogP contribution >= 0.6 is 0 Å². The highest BCUT2D eigenvalue weighted by molar-refractivity contribution is 5.98. The number of aryl methyl sites for hydroxylation is 1. The highest BCUT2D eigenvalue weighted by Crippen LogP contribution is 2.23. The summed E-state index contributed by atoms with van der Waals surface area (Å²) in [6.07, 6.45) is -0.928. The van der Waals surface area contributed by atoms with Crippen LogP contribution in [0.2, 0.25) is 0 Å². The Morgan fingerprint density at radius 1 is 1.04 bits per heavy atom. The van der Waals surface area contributed by atoms with E-state index in [4.69, 9.17) is 9.47 Å². The second-order valence-electron chi connectivity index (χ2n) is 5.48. The maximum absolute atomic E-state index is 12.3. The molecule has 0 heterocycles. The molecule has 0 aliphatic heterocycles. The summed E-state index contributed by atoms with van der Waals surface area (Å²) in [6.45, 7) is 5.31. The minimum Gasteiger partial charge on any atom is -0.495 e. The molecule has 0 bridgehead atoms. The molecule has 0 fully saturated rings. The number of hydrogen-bond acceptors (Lipinski definition) is 4. The maximum atomic E-state index is 12.3. The summed E-state index contributed by atoms with van der Waals surface area (Å²) in [5.41, 5.74) is 2.84. The van der Waals surface area contributed by atoms with Crippen LogP contribution in [0.3, 0.4) is 0 Å². The molecule has 0 aliphatic carbocycles. The molecule has 0 aliphatic rings. The number of benzene rings is 2. The fourth-order valence-corrected chi connectivity index (χ4v) is 2.23. The number of ether oxygens (including phenoxy) is 2. The Kier molecular flexibility index (Phi) is 5.58. The van der Waals surface area contributed by atoms with Crippen molar-refractivity contribution in [2.24, 2.45) is 0 Å². The summed E-state index contributed by atoms with van der Waals surface area (Å²) in [6, 6.07) is 12.4. The van der Waals surface area contributed by atoms with Gasteiger partial charge in [0.15, 0.2) is 6.10 Å². The van der Waals surface area contributed by atoms with E-state index in [2.05, 4.69) is 5.32 Å². The first-order chi connectivity index (χ1) is 11.4. The molecule has 5 nitrogen and oxygen atoms in total. The van der Waals surface area contributed by atoms with Crippen LogP contribution in [0.25, 0.3) is 0 Å². The Morgan fingerprint density at radius 2 is 1.75 bits per heavy atom. The van der Waals surface area contributed by atoms with E-state index in [1.165, 1.54) is 14.0 Å². The largest absolute Gasteiger partial charge is 0.495 e. The number of carbonyl (C=O) groups excluding carboxylic acids is 2. The van der Waals surface area contributed by atoms with Gasteiger partial charge in [-0.2, -0.15) is 0 Å². The molecule has 1 N–H and O–H groups in total. The third-order valence-corrected chi connectivity index (χ3v) is 3.84. The molecular weight excluding hydrogens is 306 g/mol. The highest BCUT2D eigenvalue weighted by Gasteiger charge is 2.21. The van der Waals surface area contributed by atoms with Gasteiger partial charge in [0.2, 0.25) is 0 Å². The van der Waals surface area contributed by atoms with Crippen molar-refractivity contribution in [2.75, 3.05) is 12.4 Å². The quantitative estimate of drug-likeness (QED) is 0.854. The molecule has 0 saturated heterocycles. The van der Waals surface area contributed by atoms with Crippen LogP contribution in [0.4, 0.5) is 5.69 Å². The summed E-state index contributed by atoms with van der Waals surface area (Å²) < 4.78 is 10.5. The van der Waals surface area contributed by atoms with Gasteiger partial charge in [0.25, 0.3) is 5.91 Å². The van der Waals surface area contributed by atoms with Crippen molar-refractivity contribution in [2.45, 2.75) is 26.9 Å². The first-order valence-corrected chi connectivity index (χ1v) is 7.65. The van der Waals surface area contributed by atoms with Crippen molar-refractivity contribution in [1.29, 1.82) is 0 Å². The van der Waals surface area contributed by atoms with Crippen molar-refractivity contribution >= 4 is 17.6 Å². The Morgan fingerprint density at radius 3 is 2.46 bits per heavy atom. The summed E-state index contributed by atoms with van der Waals surface area (Å²) in [5.74, 6) is -0.393. The molecular formula is C19H21NO4. The SMILES string of the molecule is COc1ccccc1NC(=O)[C@H](C)OC(=O)c1cccc(C)c1C. The average molecular weight is 327 g/mol. The molecule has 2 aromatic carbocycles. The van der Waals surface area contributed by atoms with Gasteiger partial charge in [-0.05, 0) is 50.1 Å². The van der Waals surface area contributed by atoms with E-state index >= 15 is 0 Å². The first kappa shape index (κ1) is 17.5. The monoisotopic (exact) mass is 327 g/mol. The predicted molar refractivity (Wildman–Crippen MR) is 92.4 cm³/mol. The smallest absolute Gasteiger partial charge is 0.339 e. The van der Waals surface area contributed by atoms with Crippen molar-refractivity contribution < 1.29 is 19.1 Å². The zero-order valence-electron chi connectivity index (χ0n) is 14.3. The minimum atomic E-state index is -0.928. The topological polar surface area (TPSA) is 64.6 Å². The van der Waals surface area contributed by atoms with Gasteiger partial charge < -0.3 is 14.8 Å². The van der Waals surface area contributed by atoms with Crippen LogP contribution in [0.1, 0.15) is 28.4 Å². The van der Waals surface area contributed by atoms with E-state index < -0.39 is 18.0 Å². The summed E-state index contributed by atoms with van der Waals surface area (Å²) in [4.78, 5) is 24.5. The lowest BCUT2D eigenvalue weighted by Gasteiger charge is -2.16. The van der Waals surface area contributed by atoms with E-state index in [-0.39, 0.29) is 0 Å². The van der Waals surface area contributed by atoms with Crippen LogP contribution in [0, 0.1) is 13.8 Å². The molecule has 1 atom stereocenters. The standard InChI is InChI=1S/C19H21NO4/c1-12-8-7-9-15(13(12)2)19(22)24-14(3)18(21)20-16-10-5-6-11-17(16)23-4/h5-11,14H,1-4H3,(H,20,21)/t14-/m0/s1.